The molecule has 0 saturated heterocycles. The molecule has 1 atom stereocenters. The second-order valence-electron chi connectivity index (χ2n) is 6.87. The van der Waals surface area contributed by atoms with Crippen LogP contribution in [0.5, 0.6) is 0 Å². The third-order valence-electron chi connectivity index (χ3n) is 5.01. The second-order valence-corrected chi connectivity index (χ2v) is 7.65. The summed E-state index contributed by atoms with van der Waals surface area (Å²) in [6.07, 6.45) is 4.09. The first-order valence-corrected chi connectivity index (χ1v) is 10.0. The Hall–Kier alpha value is -3.59. The molecular formula is C20H17N7OS. The molecule has 3 aromatic heterocycles. The predicted octanol–water partition coefficient (Wildman–Crippen LogP) is 2.83. The number of amides is 1. The summed E-state index contributed by atoms with van der Waals surface area (Å²) >= 11 is 1.64. The van der Waals surface area contributed by atoms with Gasteiger partial charge in [0.25, 0.3) is 0 Å². The van der Waals surface area contributed by atoms with Crippen LogP contribution in [-0.4, -0.2) is 36.3 Å². The Morgan fingerprint density at radius 1 is 1.14 bits per heavy atom. The highest BCUT2D eigenvalue weighted by Gasteiger charge is 2.31. The van der Waals surface area contributed by atoms with E-state index in [0.717, 1.165) is 33.5 Å². The monoisotopic (exact) mass is 403 g/mol. The van der Waals surface area contributed by atoms with Gasteiger partial charge in [0, 0.05) is 36.7 Å². The van der Waals surface area contributed by atoms with Crippen molar-refractivity contribution >= 4 is 28.5 Å². The lowest BCUT2D eigenvalue weighted by Crippen LogP contribution is -2.30. The molecule has 1 aromatic carbocycles. The van der Waals surface area contributed by atoms with E-state index in [1.807, 2.05) is 37.5 Å². The van der Waals surface area contributed by atoms with Crippen molar-refractivity contribution in [1.29, 1.82) is 0 Å². The fraction of sp³-hybridized carbons (Fsp3) is 0.150. The molecular weight excluding hydrogens is 386 g/mol. The van der Waals surface area contributed by atoms with Gasteiger partial charge in [-0.2, -0.15) is 21.6 Å². The summed E-state index contributed by atoms with van der Waals surface area (Å²) in [6, 6.07) is 10.1. The molecule has 8 nitrogen and oxygen atoms in total. The maximum absolute atomic E-state index is 12.6. The molecule has 1 unspecified atom stereocenters. The van der Waals surface area contributed by atoms with Crippen molar-refractivity contribution in [2.24, 2.45) is 7.05 Å². The number of benzene rings is 1. The number of carbonyl (C=O) groups is 1. The molecule has 9 heteroatoms. The van der Waals surface area contributed by atoms with Crippen LogP contribution in [0.25, 0.3) is 22.7 Å². The number of nitrogens with zero attached hydrogens (tertiary/aromatic N) is 5. The second kappa shape index (κ2) is 7.10. The zero-order valence-corrected chi connectivity index (χ0v) is 16.3. The van der Waals surface area contributed by atoms with Crippen LogP contribution in [0.2, 0.25) is 0 Å². The number of thiophene rings is 1. The Morgan fingerprint density at radius 3 is 2.66 bits per heavy atom. The van der Waals surface area contributed by atoms with Crippen LogP contribution in [0.1, 0.15) is 29.0 Å². The molecule has 1 aliphatic heterocycles. The minimum absolute atomic E-state index is 0.00456. The largest absolute Gasteiger partial charge is 0.325 e. The molecule has 144 valence electrons. The Morgan fingerprint density at radius 2 is 2.00 bits per heavy atom. The quantitative estimate of drug-likeness (QED) is 0.546. The average molecular weight is 403 g/mol. The van der Waals surface area contributed by atoms with Gasteiger partial charge in [0.15, 0.2) is 0 Å². The average Bonchev–Trinajstić information content (AvgIpc) is 3.50. The summed E-state index contributed by atoms with van der Waals surface area (Å²) in [5.41, 5.74) is 5.87. The van der Waals surface area contributed by atoms with E-state index in [2.05, 4.69) is 47.9 Å². The number of nitrogens with one attached hydrogen (secondary N) is 2. The van der Waals surface area contributed by atoms with Crippen molar-refractivity contribution in [2.75, 3.05) is 0 Å². The van der Waals surface area contributed by atoms with Crippen molar-refractivity contribution in [3.8, 4) is 11.4 Å². The first kappa shape index (κ1) is 17.5. The number of allylic oxidation sites excluding steroid dienone is 1. The number of rotatable bonds is 4. The molecule has 4 aromatic rings. The molecule has 29 heavy (non-hydrogen) atoms. The summed E-state index contributed by atoms with van der Waals surface area (Å²) < 4.78 is 1.74. The molecule has 0 bridgehead atoms. The third kappa shape index (κ3) is 3.25. The lowest BCUT2D eigenvalue weighted by Gasteiger charge is -2.29. The van der Waals surface area contributed by atoms with Gasteiger partial charge < -0.3 is 5.32 Å². The Bertz CT molecular complexity index is 1170. The van der Waals surface area contributed by atoms with Crippen LogP contribution in [0, 0.1) is 0 Å². The van der Waals surface area contributed by atoms with Crippen molar-refractivity contribution in [1.82, 2.24) is 35.7 Å². The van der Waals surface area contributed by atoms with Gasteiger partial charge >= 0.3 is 0 Å². The van der Waals surface area contributed by atoms with Crippen molar-refractivity contribution in [3.63, 3.8) is 0 Å². The number of aromatic nitrogens is 6. The van der Waals surface area contributed by atoms with Gasteiger partial charge in [-0.1, -0.05) is 24.3 Å². The van der Waals surface area contributed by atoms with Crippen molar-refractivity contribution in [3.05, 3.63) is 70.2 Å². The first-order chi connectivity index (χ1) is 14.2. The maximum Gasteiger partial charge on any atom is 0.225 e. The third-order valence-corrected chi connectivity index (χ3v) is 5.70. The lowest BCUT2D eigenvalue weighted by atomic mass is 9.80. The summed E-state index contributed by atoms with van der Waals surface area (Å²) in [5.74, 6) is 0.477. The summed E-state index contributed by atoms with van der Waals surface area (Å²) in [5, 5.41) is 25.6. The van der Waals surface area contributed by atoms with E-state index in [1.165, 1.54) is 0 Å². The molecule has 0 aliphatic carbocycles. The topological polar surface area (TPSA) is 101 Å². The number of aryl methyl sites for hydroxylation is 1. The van der Waals surface area contributed by atoms with Gasteiger partial charge in [0.05, 0.1) is 11.9 Å². The standard InChI is InChI=1S/C20H17N7OS/c1-27-10-15(9-21-27)19-18(14-6-7-29-11-14)16(8-17(28)22-19)12-2-4-13(5-3-12)20-23-25-26-24-20/h2-7,9-11,16H,8H2,1H3,(H,22,28)(H,23,24,25,26). The van der Waals surface area contributed by atoms with Gasteiger partial charge in [-0.05, 0) is 38.7 Å². The van der Waals surface area contributed by atoms with Crippen LogP contribution in [0.15, 0.2) is 53.5 Å². The van der Waals surface area contributed by atoms with Gasteiger partial charge in [0.1, 0.15) is 0 Å². The molecule has 0 radical (unpaired) electrons. The Balaban J connectivity index is 1.63. The van der Waals surface area contributed by atoms with E-state index in [4.69, 9.17) is 0 Å². The molecule has 0 fully saturated rings. The number of tetrazole rings is 1. The summed E-state index contributed by atoms with van der Waals surface area (Å²) in [6.45, 7) is 0. The van der Waals surface area contributed by atoms with Crippen LogP contribution < -0.4 is 5.32 Å². The minimum atomic E-state index is -0.0622. The SMILES string of the molecule is Cn1cc(C2=C(c3ccsc3)C(c3ccc(-c4nn[nH]n4)cc3)CC(=O)N2)cn1. The number of hydrogen-bond donors (Lipinski definition) is 2. The van der Waals surface area contributed by atoms with Crippen LogP contribution in [0.4, 0.5) is 0 Å². The van der Waals surface area contributed by atoms with Crippen LogP contribution >= 0.6 is 11.3 Å². The molecule has 2 N–H and O–H groups in total. The number of H-pyrrole nitrogens is 1. The highest BCUT2D eigenvalue weighted by molar-refractivity contribution is 7.08. The van der Waals surface area contributed by atoms with E-state index >= 15 is 0 Å². The fourth-order valence-electron chi connectivity index (χ4n) is 3.69. The lowest BCUT2D eigenvalue weighted by molar-refractivity contribution is -0.120. The van der Waals surface area contributed by atoms with Crippen molar-refractivity contribution in [2.45, 2.75) is 12.3 Å². The summed E-state index contributed by atoms with van der Waals surface area (Å²) in [4.78, 5) is 12.6. The molecule has 1 aliphatic rings. The predicted molar refractivity (Wildman–Crippen MR) is 109 cm³/mol. The van der Waals surface area contributed by atoms with E-state index in [1.54, 1.807) is 22.2 Å². The Kier molecular flexibility index (Phi) is 4.28. The zero-order valence-electron chi connectivity index (χ0n) is 15.5. The van der Waals surface area contributed by atoms with Crippen molar-refractivity contribution < 1.29 is 4.79 Å². The molecule has 0 spiro atoms. The van der Waals surface area contributed by atoms with Gasteiger partial charge in [-0.3, -0.25) is 9.48 Å². The molecule has 4 heterocycles. The molecule has 0 saturated carbocycles. The van der Waals surface area contributed by atoms with Gasteiger partial charge in [0.2, 0.25) is 11.7 Å². The van der Waals surface area contributed by atoms with E-state index in [9.17, 15) is 4.79 Å². The van der Waals surface area contributed by atoms with E-state index in [-0.39, 0.29) is 11.8 Å². The minimum Gasteiger partial charge on any atom is -0.325 e. The maximum atomic E-state index is 12.6. The highest BCUT2D eigenvalue weighted by atomic mass is 32.1. The summed E-state index contributed by atoms with van der Waals surface area (Å²) in [7, 11) is 1.87. The van der Waals surface area contributed by atoms with Crippen LogP contribution in [-0.2, 0) is 11.8 Å². The van der Waals surface area contributed by atoms with E-state index in [0.29, 0.717) is 12.2 Å². The van der Waals surface area contributed by atoms with E-state index < -0.39 is 0 Å². The number of aromatic amines is 1. The first-order valence-electron chi connectivity index (χ1n) is 9.08. The zero-order chi connectivity index (χ0) is 19.8. The normalized spacial score (nSPS) is 16.9. The number of hydrogen-bond acceptors (Lipinski definition) is 6. The van der Waals surface area contributed by atoms with Gasteiger partial charge in [-0.25, -0.2) is 0 Å². The highest BCUT2D eigenvalue weighted by Crippen LogP contribution is 2.42. The van der Waals surface area contributed by atoms with Gasteiger partial charge in [-0.15, -0.1) is 10.2 Å². The fourth-order valence-corrected chi connectivity index (χ4v) is 4.35. The number of carbonyl (C=O) groups excluding carboxylic acids is 1. The smallest absolute Gasteiger partial charge is 0.225 e. The van der Waals surface area contributed by atoms with Crippen LogP contribution in [0.3, 0.4) is 0 Å². The molecule has 5 rings (SSSR count). The Labute approximate surface area is 170 Å². The molecule has 1 amide bonds.